The van der Waals surface area contributed by atoms with Gasteiger partial charge in [-0.25, -0.2) is 4.98 Å². The van der Waals surface area contributed by atoms with E-state index in [0.717, 1.165) is 51.3 Å². The molecule has 0 aliphatic rings. The molecular formula is C19H23IN4O2S. The van der Waals surface area contributed by atoms with Crippen molar-refractivity contribution in [1.82, 2.24) is 15.2 Å². The Bertz CT molecular complexity index is 857. The number of nitrogens with zero attached hydrogens (tertiary/aromatic N) is 3. The number of rotatable bonds is 10. The Kier molecular flexibility index (Phi) is 7.45. The van der Waals surface area contributed by atoms with Crippen molar-refractivity contribution in [2.75, 3.05) is 30.0 Å². The largest absolute Gasteiger partial charge is 0.494 e. The highest BCUT2D eigenvalue weighted by atomic mass is 127. The van der Waals surface area contributed by atoms with E-state index >= 15 is 0 Å². The molecule has 3 aromatic rings. The van der Waals surface area contributed by atoms with Crippen LogP contribution in [0.25, 0.3) is 10.2 Å². The molecule has 6 nitrogen and oxygen atoms in total. The van der Waals surface area contributed by atoms with Crippen LogP contribution in [0.5, 0.6) is 10.9 Å². The molecule has 0 saturated carbocycles. The minimum atomic E-state index is 0.601. The number of fused-ring (bicyclic) bond motifs is 1. The average Bonchev–Trinajstić information content (AvgIpc) is 3.11. The molecular weight excluding hydrogens is 475 g/mol. The molecule has 8 heteroatoms. The predicted octanol–water partition coefficient (Wildman–Crippen LogP) is 4.73. The van der Waals surface area contributed by atoms with Gasteiger partial charge in [0.2, 0.25) is 0 Å². The van der Waals surface area contributed by atoms with Crippen molar-refractivity contribution in [3.63, 3.8) is 0 Å². The Hall–Kier alpha value is -1.68. The molecule has 0 aliphatic heterocycles. The number of aryl methyl sites for hydroxylation is 1. The van der Waals surface area contributed by atoms with Crippen LogP contribution in [0, 0.1) is 12.8 Å². The fraction of sp³-hybridized carbons (Fsp3) is 0.421. The minimum absolute atomic E-state index is 0.601. The van der Waals surface area contributed by atoms with E-state index < -0.39 is 0 Å². The van der Waals surface area contributed by atoms with Crippen LogP contribution in [0.4, 0.5) is 5.82 Å². The number of halogens is 1. The number of hydrogen-bond acceptors (Lipinski definition) is 7. The first-order valence-electron chi connectivity index (χ1n) is 8.85. The van der Waals surface area contributed by atoms with E-state index in [1.165, 1.54) is 11.3 Å². The molecule has 1 atom stereocenters. The smallest absolute Gasteiger partial charge is 0.274 e. The monoisotopic (exact) mass is 498 g/mol. The van der Waals surface area contributed by atoms with Gasteiger partial charge in [-0.1, -0.05) is 33.9 Å². The third-order valence-electron chi connectivity index (χ3n) is 4.18. The lowest BCUT2D eigenvalue weighted by atomic mass is 10.0. The third-order valence-corrected chi connectivity index (χ3v) is 6.41. The highest BCUT2D eigenvalue weighted by Gasteiger charge is 2.09. The molecule has 0 spiro atoms. The summed E-state index contributed by atoms with van der Waals surface area (Å²) in [5.41, 5.74) is 1.87. The van der Waals surface area contributed by atoms with Gasteiger partial charge in [-0.2, -0.15) is 5.10 Å². The molecule has 1 unspecified atom stereocenters. The molecule has 27 heavy (non-hydrogen) atoms. The maximum Gasteiger partial charge on any atom is 0.274 e. The Morgan fingerprint density at radius 1 is 1.19 bits per heavy atom. The van der Waals surface area contributed by atoms with Crippen molar-refractivity contribution in [2.24, 2.45) is 5.92 Å². The van der Waals surface area contributed by atoms with Crippen molar-refractivity contribution in [3.8, 4) is 10.9 Å². The van der Waals surface area contributed by atoms with Gasteiger partial charge in [-0.15, -0.1) is 5.10 Å². The van der Waals surface area contributed by atoms with Gasteiger partial charge in [-0.3, -0.25) is 0 Å². The van der Waals surface area contributed by atoms with E-state index in [4.69, 9.17) is 9.47 Å². The van der Waals surface area contributed by atoms with Crippen LogP contribution in [0.15, 0.2) is 30.3 Å². The summed E-state index contributed by atoms with van der Waals surface area (Å²) in [5.74, 6) is 2.31. The van der Waals surface area contributed by atoms with Gasteiger partial charge in [0.25, 0.3) is 5.19 Å². The van der Waals surface area contributed by atoms with E-state index in [9.17, 15) is 0 Å². The van der Waals surface area contributed by atoms with Crippen LogP contribution in [-0.4, -0.2) is 39.9 Å². The lowest BCUT2D eigenvalue weighted by Crippen LogP contribution is -2.14. The Balaban J connectivity index is 1.43. The quantitative estimate of drug-likeness (QED) is 0.322. The van der Waals surface area contributed by atoms with Gasteiger partial charge in [0.15, 0.2) is 0 Å². The van der Waals surface area contributed by atoms with Crippen LogP contribution in [0.3, 0.4) is 0 Å². The molecule has 144 valence electrons. The molecule has 2 aromatic heterocycles. The van der Waals surface area contributed by atoms with Gasteiger partial charge < -0.3 is 14.8 Å². The molecule has 1 N–H and O–H groups in total. The van der Waals surface area contributed by atoms with E-state index in [1.807, 2.05) is 37.3 Å². The molecule has 0 amide bonds. The standard InChI is InChI=1S/C19H23IN4O2S/c1-13-3-6-18(24-23-13)21-9-7-14(12-20)8-10-26-15-4-5-16-17(11-15)27-19(22-16)25-2/h3-6,11,14H,7-10,12H2,1-2H3,(H,21,24). The SMILES string of the molecule is COc1nc2ccc(OCCC(CI)CCNc3ccc(C)nn3)cc2s1. The van der Waals surface area contributed by atoms with Crippen LogP contribution in [0.2, 0.25) is 0 Å². The van der Waals surface area contributed by atoms with E-state index in [-0.39, 0.29) is 0 Å². The Labute approximate surface area is 176 Å². The lowest BCUT2D eigenvalue weighted by molar-refractivity contribution is 0.283. The second kappa shape index (κ2) is 10.0. The number of anilines is 1. The van der Waals surface area contributed by atoms with Crippen molar-refractivity contribution >= 4 is 50.0 Å². The number of nitrogens with one attached hydrogen (secondary N) is 1. The molecule has 0 fully saturated rings. The minimum Gasteiger partial charge on any atom is -0.494 e. The van der Waals surface area contributed by atoms with Crippen molar-refractivity contribution < 1.29 is 9.47 Å². The predicted molar refractivity (Wildman–Crippen MR) is 119 cm³/mol. The summed E-state index contributed by atoms with van der Waals surface area (Å²) in [6, 6.07) is 9.92. The number of aromatic nitrogens is 3. The molecule has 2 heterocycles. The van der Waals surface area contributed by atoms with Crippen molar-refractivity contribution in [1.29, 1.82) is 0 Å². The van der Waals surface area contributed by atoms with Gasteiger partial charge in [0.1, 0.15) is 11.6 Å². The van der Waals surface area contributed by atoms with Crippen LogP contribution < -0.4 is 14.8 Å². The van der Waals surface area contributed by atoms with E-state index in [1.54, 1.807) is 7.11 Å². The molecule has 0 saturated heterocycles. The van der Waals surface area contributed by atoms with Crippen molar-refractivity contribution in [3.05, 3.63) is 36.0 Å². The molecule has 1 aromatic carbocycles. The Morgan fingerprint density at radius 3 is 2.81 bits per heavy atom. The van der Waals surface area contributed by atoms with E-state index in [0.29, 0.717) is 17.7 Å². The fourth-order valence-electron chi connectivity index (χ4n) is 2.60. The van der Waals surface area contributed by atoms with Crippen LogP contribution in [0.1, 0.15) is 18.5 Å². The van der Waals surface area contributed by atoms with Crippen molar-refractivity contribution in [2.45, 2.75) is 19.8 Å². The van der Waals surface area contributed by atoms with Gasteiger partial charge in [0, 0.05) is 11.0 Å². The summed E-state index contributed by atoms with van der Waals surface area (Å²) < 4.78 is 13.3. The van der Waals surface area contributed by atoms with Gasteiger partial charge in [0.05, 0.1) is 29.6 Å². The summed E-state index contributed by atoms with van der Waals surface area (Å²) in [6.07, 6.45) is 2.10. The summed E-state index contributed by atoms with van der Waals surface area (Å²) in [6.45, 7) is 3.53. The number of alkyl halides is 1. The zero-order valence-electron chi connectivity index (χ0n) is 15.4. The maximum atomic E-state index is 5.96. The van der Waals surface area contributed by atoms with Gasteiger partial charge in [-0.05, 0) is 56.0 Å². The first-order valence-corrected chi connectivity index (χ1v) is 11.2. The summed E-state index contributed by atoms with van der Waals surface area (Å²) in [7, 11) is 1.64. The fourth-order valence-corrected chi connectivity index (χ4v) is 4.29. The normalized spacial score (nSPS) is 12.1. The number of hydrogen-bond donors (Lipinski definition) is 1. The molecule has 0 bridgehead atoms. The average molecular weight is 498 g/mol. The third kappa shape index (κ3) is 5.90. The summed E-state index contributed by atoms with van der Waals surface area (Å²) in [4.78, 5) is 4.38. The number of methoxy groups -OCH3 is 1. The number of thiazole rings is 1. The zero-order chi connectivity index (χ0) is 19.1. The number of ether oxygens (including phenoxy) is 2. The summed E-state index contributed by atoms with van der Waals surface area (Å²) >= 11 is 3.98. The first kappa shape index (κ1) is 20.1. The second-order valence-electron chi connectivity index (χ2n) is 6.25. The number of benzene rings is 1. The maximum absolute atomic E-state index is 5.96. The van der Waals surface area contributed by atoms with Gasteiger partial charge >= 0.3 is 0 Å². The molecule has 0 aliphatic carbocycles. The van der Waals surface area contributed by atoms with Crippen LogP contribution >= 0.6 is 33.9 Å². The summed E-state index contributed by atoms with van der Waals surface area (Å²) in [5, 5.41) is 12.2. The van der Waals surface area contributed by atoms with Crippen LogP contribution in [-0.2, 0) is 0 Å². The highest BCUT2D eigenvalue weighted by molar-refractivity contribution is 14.1. The highest BCUT2D eigenvalue weighted by Crippen LogP contribution is 2.30. The second-order valence-corrected chi connectivity index (χ2v) is 8.12. The Morgan fingerprint density at radius 2 is 2.07 bits per heavy atom. The topological polar surface area (TPSA) is 69.2 Å². The zero-order valence-corrected chi connectivity index (χ0v) is 18.4. The van der Waals surface area contributed by atoms with E-state index in [2.05, 4.69) is 43.1 Å². The lowest BCUT2D eigenvalue weighted by Gasteiger charge is -2.15. The molecule has 0 radical (unpaired) electrons. The molecule has 3 rings (SSSR count). The first-order chi connectivity index (χ1) is 13.2.